The Kier molecular flexibility index (Phi) is 4.94. The monoisotopic (exact) mass is 240 g/mol. The van der Waals surface area contributed by atoms with Crippen LogP contribution >= 0.6 is 0 Å². The fraction of sp³-hybridized carbons (Fsp3) is 0.462. The van der Waals surface area contributed by atoms with Crippen LogP contribution in [-0.4, -0.2) is 17.7 Å². The van der Waals surface area contributed by atoms with Gasteiger partial charge in [0.05, 0.1) is 13.0 Å². The molecule has 0 radical (unpaired) electrons. The topological polar surface area (TPSA) is 46.5 Å². The molecule has 0 fully saturated rings. The van der Waals surface area contributed by atoms with Crippen molar-refractivity contribution in [3.63, 3.8) is 0 Å². The Morgan fingerprint density at radius 1 is 1.53 bits per heavy atom. The van der Waals surface area contributed by atoms with Crippen LogP contribution in [0.5, 0.6) is 5.75 Å². The van der Waals surface area contributed by atoms with Crippen molar-refractivity contribution < 1.29 is 19.0 Å². The van der Waals surface area contributed by atoms with Gasteiger partial charge in [0.1, 0.15) is 11.6 Å². The largest absolute Gasteiger partial charge is 0.493 e. The van der Waals surface area contributed by atoms with Crippen LogP contribution in [0.15, 0.2) is 18.2 Å². The third-order valence-electron chi connectivity index (χ3n) is 2.45. The van der Waals surface area contributed by atoms with Crippen molar-refractivity contribution in [2.24, 2.45) is 0 Å². The smallest absolute Gasteiger partial charge is 0.303 e. The van der Waals surface area contributed by atoms with E-state index in [1.807, 2.05) is 6.92 Å². The lowest BCUT2D eigenvalue weighted by Gasteiger charge is -2.15. The summed E-state index contributed by atoms with van der Waals surface area (Å²) in [6.07, 6.45) is 0.816. The highest BCUT2D eigenvalue weighted by Crippen LogP contribution is 2.29. The lowest BCUT2D eigenvalue weighted by atomic mass is 9.97. The molecule has 1 rings (SSSR count). The van der Waals surface area contributed by atoms with Gasteiger partial charge in [-0.2, -0.15) is 0 Å². The van der Waals surface area contributed by atoms with E-state index in [0.29, 0.717) is 17.9 Å². The fourth-order valence-corrected chi connectivity index (χ4v) is 1.62. The molecule has 17 heavy (non-hydrogen) atoms. The molecule has 3 nitrogen and oxygen atoms in total. The first-order chi connectivity index (χ1) is 8.04. The summed E-state index contributed by atoms with van der Waals surface area (Å²) in [5, 5.41) is 8.75. The number of halogens is 1. The Labute approximate surface area is 100 Å². The molecule has 0 aliphatic carbocycles. The molecular formula is C13H17FO3. The number of rotatable bonds is 6. The van der Waals surface area contributed by atoms with E-state index in [0.717, 1.165) is 6.42 Å². The van der Waals surface area contributed by atoms with Crippen LogP contribution in [0, 0.1) is 5.82 Å². The Balaban J connectivity index is 2.93. The van der Waals surface area contributed by atoms with Gasteiger partial charge in [0.15, 0.2) is 0 Å². The first-order valence-electron chi connectivity index (χ1n) is 5.68. The molecule has 0 heterocycles. The van der Waals surface area contributed by atoms with Gasteiger partial charge in [-0.05, 0) is 30.5 Å². The highest BCUT2D eigenvalue weighted by atomic mass is 19.1. The highest BCUT2D eigenvalue weighted by molar-refractivity contribution is 5.68. The molecule has 94 valence electrons. The molecule has 0 saturated heterocycles. The highest BCUT2D eigenvalue weighted by Gasteiger charge is 2.15. The molecule has 0 aliphatic rings. The number of carboxylic acids is 1. The zero-order valence-corrected chi connectivity index (χ0v) is 10.1. The normalized spacial score (nSPS) is 12.2. The standard InChI is InChI=1S/C13H17FO3/c1-3-6-17-12-5-4-10(14)8-11(12)9(2)7-13(15)16/h4-5,8-9H,3,6-7H2,1-2H3,(H,15,16). The van der Waals surface area contributed by atoms with Crippen LogP contribution in [0.3, 0.4) is 0 Å². The first kappa shape index (κ1) is 13.5. The van der Waals surface area contributed by atoms with Gasteiger partial charge >= 0.3 is 5.97 Å². The van der Waals surface area contributed by atoms with Gasteiger partial charge in [-0.1, -0.05) is 13.8 Å². The predicted molar refractivity (Wildman–Crippen MR) is 62.9 cm³/mol. The molecule has 1 unspecified atom stereocenters. The molecule has 0 bridgehead atoms. The van der Waals surface area contributed by atoms with Gasteiger partial charge in [-0.3, -0.25) is 4.79 Å². The Bertz CT molecular complexity index is 390. The van der Waals surface area contributed by atoms with Crippen LogP contribution in [0.2, 0.25) is 0 Å². The van der Waals surface area contributed by atoms with E-state index in [9.17, 15) is 9.18 Å². The summed E-state index contributed by atoms with van der Waals surface area (Å²) in [6.45, 7) is 4.27. The second-order valence-corrected chi connectivity index (χ2v) is 4.03. The average molecular weight is 240 g/mol. The van der Waals surface area contributed by atoms with Crippen molar-refractivity contribution >= 4 is 5.97 Å². The Morgan fingerprint density at radius 2 is 2.24 bits per heavy atom. The van der Waals surface area contributed by atoms with Crippen molar-refractivity contribution in [1.82, 2.24) is 0 Å². The van der Waals surface area contributed by atoms with Crippen LogP contribution < -0.4 is 4.74 Å². The summed E-state index contributed by atoms with van der Waals surface area (Å²) in [7, 11) is 0. The van der Waals surface area contributed by atoms with Crippen molar-refractivity contribution in [3.8, 4) is 5.75 Å². The lowest BCUT2D eigenvalue weighted by molar-refractivity contribution is -0.137. The van der Waals surface area contributed by atoms with Gasteiger partial charge < -0.3 is 9.84 Å². The van der Waals surface area contributed by atoms with Gasteiger partial charge in [-0.25, -0.2) is 4.39 Å². The van der Waals surface area contributed by atoms with Gasteiger partial charge in [0.2, 0.25) is 0 Å². The molecule has 1 aromatic rings. The number of hydrogen-bond donors (Lipinski definition) is 1. The summed E-state index contributed by atoms with van der Waals surface area (Å²) in [6, 6.07) is 4.22. The van der Waals surface area contributed by atoms with E-state index in [2.05, 4.69) is 0 Å². The molecule has 4 heteroatoms. The van der Waals surface area contributed by atoms with E-state index in [4.69, 9.17) is 9.84 Å². The molecule has 1 N–H and O–H groups in total. The summed E-state index contributed by atoms with van der Waals surface area (Å²) in [5.41, 5.74) is 0.612. The molecule has 0 aliphatic heterocycles. The molecule has 1 atom stereocenters. The van der Waals surface area contributed by atoms with E-state index in [-0.39, 0.29) is 18.2 Å². The van der Waals surface area contributed by atoms with Crippen LogP contribution in [0.25, 0.3) is 0 Å². The van der Waals surface area contributed by atoms with E-state index < -0.39 is 5.97 Å². The minimum Gasteiger partial charge on any atom is -0.493 e. The minimum absolute atomic E-state index is 0.0358. The molecule has 0 saturated carbocycles. The quantitative estimate of drug-likeness (QED) is 0.830. The molecular weight excluding hydrogens is 223 g/mol. The third-order valence-corrected chi connectivity index (χ3v) is 2.45. The maximum atomic E-state index is 13.2. The molecule has 0 aromatic heterocycles. The van der Waals surface area contributed by atoms with Crippen LogP contribution in [0.4, 0.5) is 4.39 Å². The molecule has 0 spiro atoms. The number of benzene rings is 1. The van der Waals surface area contributed by atoms with Gasteiger partial charge in [0, 0.05) is 5.56 Å². The zero-order valence-electron chi connectivity index (χ0n) is 10.1. The van der Waals surface area contributed by atoms with Crippen molar-refractivity contribution in [1.29, 1.82) is 0 Å². The number of aliphatic carboxylic acids is 1. The van der Waals surface area contributed by atoms with Crippen LogP contribution in [-0.2, 0) is 4.79 Å². The summed E-state index contributed by atoms with van der Waals surface area (Å²) in [4.78, 5) is 10.7. The lowest BCUT2D eigenvalue weighted by Crippen LogP contribution is -2.06. The van der Waals surface area contributed by atoms with Gasteiger partial charge in [-0.15, -0.1) is 0 Å². The zero-order chi connectivity index (χ0) is 12.8. The first-order valence-corrected chi connectivity index (χ1v) is 5.68. The third kappa shape index (κ3) is 4.06. The Morgan fingerprint density at radius 3 is 2.82 bits per heavy atom. The second-order valence-electron chi connectivity index (χ2n) is 4.03. The van der Waals surface area contributed by atoms with Crippen molar-refractivity contribution in [3.05, 3.63) is 29.6 Å². The van der Waals surface area contributed by atoms with E-state index in [1.165, 1.54) is 12.1 Å². The van der Waals surface area contributed by atoms with Crippen LogP contribution in [0.1, 0.15) is 38.2 Å². The SMILES string of the molecule is CCCOc1ccc(F)cc1C(C)CC(=O)O. The molecule has 0 amide bonds. The maximum absolute atomic E-state index is 13.2. The van der Waals surface area contributed by atoms with E-state index in [1.54, 1.807) is 13.0 Å². The predicted octanol–water partition coefficient (Wildman–Crippen LogP) is 3.19. The maximum Gasteiger partial charge on any atom is 0.303 e. The van der Waals surface area contributed by atoms with Crippen molar-refractivity contribution in [2.75, 3.05) is 6.61 Å². The average Bonchev–Trinajstić information content (AvgIpc) is 2.26. The summed E-state index contributed by atoms with van der Waals surface area (Å²) < 4.78 is 18.6. The summed E-state index contributed by atoms with van der Waals surface area (Å²) >= 11 is 0. The number of ether oxygens (including phenoxy) is 1. The second kappa shape index (κ2) is 6.23. The van der Waals surface area contributed by atoms with Gasteiger partial charge in [0.25, 0.3) is 0 Å². The fourth-order valence-electron chi connectivity index (χ4n) is 1.62. The van der Waals surface area contributed by atoms with Crippen molar-refractivity contribution in [2.45, 2.75) is 32.6 Å². The Hall–Kier alpha value is -1.58. The number of carboxylic acid groups (broad SMARTS) is 1. The summed E-state index contributed by atoms with van der Waals surface area (Å²) in [5.74, 6) is -0.971. The van der Waals surface area contributed by atoms with E-state index >= 15 is 0 Å². The number of carbonyl (C=O) groups is 1. The number of hydrogen-bond acceptors (Lipinski definition) is 2. The minimum atomic E-state index is -0.900. The molecule has 1 aromatic carbocycles.